The summed E-state index contributed by atoms with van der Waals surface area (Å²) in [5, 5.41) is 14.8. The van der Waals surface area contributed by atoms with E-state index in [1.807, 2.05) is 24.3 Å². The first-order chi connectivity index (χ1) is 18.2. The standard InChI is InChI=1S/C32H37NO5/c1-22-8-4-7-11-28(22)31(25-14-15-25)37-21-27(38-30(36)17-16-29(34)35)20-33-32(2,3)19-23-12-13-24-9-5-6-10-26(24)18-23/h4-13,16-18,25,27,31,33H,14-15,19-21H2,1-3H3,(H,34,35)/t27-,31-/m1/s1. The molecule has 1 saturated carbocycles. The minimum Gasteiger partial charge on any atom is -0.478 e. The van der Waals surface area contributed by atoms with Gasteiger partial charge in [0.1, 0.15) is 6.10 Å². The largest absolute Gasteiger partial charge is 0.478 e. The van der Waals surface area contributed by atoms with Crippen molar-refractivity contribution in [2.24, 2.45) is 5.92 Å². The van der Waals surface area contributed by atoms with E-state index in [9.17, 15) is 9.59 Å². The van der Waals surface area contributed by atoms with Crippen molar-refractivity contribution in [1.29, 1.82) is 0 Å². The first-order valence-electron chi connectivity index (χ1n) is 13.2. The Kier molecular flexibility index (Phi) is 8.97. The zero-order valence-electron chi connectivity index (χ0n) is 22.4. The molecule has 0 heterocycles. The van der Waals surface area contributed by atoms with Gasteiger partial charge in [0, 0.05) is 24.2 Å². The fourth-order valence-corrected chi connectivity index (χ4v) is 4.78. The maximum Gasteiger partial charge on any atom is 0.331 e. The zero-order valence-corrected chi connectivity index (χ0v) is 22.4. The van der Waals surface area contributed by atoms with Gasteiger partial charge in [0.2, 0.25) is 0 Å². The summed E-state index contributed by atoms with van der Waals surface area (Å²) in [5.41, 5.74) is 3.27. The van der Waals surface area contributed by atoms with E-state index < -0.39 is 18.0 Å². The highest BCUT2D eigenvalue weighted by Crippen LogP contribution is 2.44. The highest BCUT2D eigenvalue weighted by Gasteiger charge is 2.35. The van der Waals surface area contributed by atoms with Crippen LogP contribution in [0.5, 0.6) is 0 Å². The van der Waals surface area contributed by atoms with E-state index in [2.05, 4.69) is 68.6 Å². The van der Waals surface area contributed by atoms with Crippen LogP contribution in [0.4, 0.5) is 0 Å². The van der Waals surface area contributed by atoms with Gasteiger partial charge >= 0.3 is 11.9 Å². The summed E-state index contributed by atoms with van der Waals surface area (Å²) in [7, 11) is 0. The Hall–Kier alpha value is -3.48. The van der Waals surface area contributed by atoms with Crippen LogP contribution in [0.3, 0.4) is 0 Å². The molecule has 6 heteroatoms. The molecular formula is C32H37NO5. The molecule has 3 aromatic carbocycles. The molecule has 38 heavy (non-hydrogen) atoms. The number of rotatable bonds is 13. The summed E-state index contributed by atoms with van der Waals surface area (Å²) < 4.78 is 12.0. The molecule has 1 aliphatic rings. The summed E-state index contributed by atoms with van der Waals surface area (Å²) in [6, 6.07) is 23.0. The Morgan fingerprint density at radius 3 is 2.45 bits per heavy atom. The summed E-state index contributed by atoms with van der Waals surface area (Å²) in [6.07, 6.45) is 4.10. The normalized spacial score (nSPS) is 15.4. The molecule has 1 aliphatic carbocycles. The van der Waals surface area contributed by atoms with E-state index >= 15 is 0 Å². The molecule has 4 rings (SSSR count). The Morgan fingerprint density at radius 2 is 1.74 bits per heavy atom. The van der Waals surface area contributed by atoms with Gasteiger partial charge < -0.3 is 19.9 Å². The number of carboxylic acids is 1. The van der Waals surface area contributed by atoms with Crippen molar-refractivity contribution in [3.8, 4) is 0 Å². The predicted molar refractivity (Wildman–Crippen MR) is 149 cm³/mol. The smallest absolute Gasteiger partial charge is 0.331 e. The zero-order chi connectivity index (χ0) is 27.1. The first kappa shape index (κ1) is 27.6. The van der Waals surface area contributed by atoms with Gasteiger partial charge in [-0.2, -0.15) is 0 Å². The number of benzene rings is 3. The summed E-state index contributed by atoms with van der Waals surface area (Å²) >= 11 is 0. The van der Waals surface area contributed by atoms with Gasteiger partial charge in [-0.1, -0.05) is 66.7 Å². The van der Waals surface area contributed by atoms with Crippen molar-refractivity contribution in [3.05, 3.63) is 95.6 Å². The second-order valence-electron chi connectivity index (χ2n) is 10.8. The van der Waals surface area contributed by atoms with Crippen LogP contribution in [-0.2, 0) is 25.5 Å². The molecule has 3 aromatic rings. The summed E-state index contributed by atoms with van der Waals surface area (Å²) in [5.74, 6) is -1.44. The molecule has 0 amide bonds. The molecule has 2 atom stereocenters. The van der Waals surface area contributed by atoms with Crippen molar-refractivity contribution in [3.63, 3.8) is 0 Å². The van der Waals surface area contributed by atoms with Gasteiger partial charge in [0.25, 0.3) is 0 Å². The number of hydrogen-bond acceptors (Lipinski definition) is 5. The topological polar surface area (TPSA) is 84.9 Å². The second kappa shape index (κ2) is 12.4. The van der Waals surface area contributed by atoms with Crippen LogP contribution < -0.4 is 5.32 Å². The number of carbonyl (C=O) groups excluding carboxylic acids is 1. The number of aliphatic carboxylic acids is 1. The van der Waals surface area contributed by atoms with Crippen LogP contribution in [0, 0.1) is 12.8 Å². The van der Waals surface area contributed by atoms with Crippen molar-refractivity contribution >= 4 is 22.7 Å². The Bertz CT molecular complexity index is 1290. The van der Waals surface area contributed by atoms with E-state index in [-0.39, 0.29) is 18.2 Å². The van der Waals surface area contributed by atoms with Crippen LogP contribution in [0.25, 0.3) is 10.8 Å². The van der Waals surface area contributed by atoms with Crippen molar-refractivity contribution < 1.29 is 24.2 Å². The lowest BCUT2D eigenvalue weighted by atomic mass is 9.93. The van der Waals surface area contributed by atoms with E-state index in [0.717, 1.165) is 37.0 Å². The Morgan fingerprint density at radius 1 is 1.03 bits per heavy atom. The fraction of sp³-hybridized carbons (Fsp3) is 0.375. The van der Waals surface area contributed by atoms with Gasteiger partial charge in [0.05, 0.1) is 12.7 Å². The van der Waals surface area contributed by atoms with E-state index in [1.165, 1.54) is 21.9 Å². The number of esters is 1. The molecule has 200 valence electrons. The van der Waals surface area contributed by atoms with Gasteiger partial charge in [-0.3, -0.25) is 0 Å². The monoisotopic (exact) mass is 515 g/mol. The lowest BCUT2D eigenvalue weighted by Crippen LogP contribution is -2.47. The maximum absolute atomic E-state index is 12.4. The minimum atomic E-state index is -1.20. The number of ether oxygens (including phenoxy) is 2. The SMILES string of the molecule is Cc1ccccc1[C@H](OC[C@@H](CNC(C)(C)Cc1ccc2ccccc2c1)OC(=O)C=CC(=O)O)C1CC1. The van der Waals surface area contributed by atoms with Gasteiger partial charge in [-0.05, 0) is 73.4 Å². The molecule has 0 aliphatic heterocycles. The number of carboxylic acid groups (broad SMARTS) is 1. The number of aryl methyl sites for hydroxylation is 1. The molecule has 1 fully saturated rings. The van der Waals surface area contributed by atoms with E-state index in [1.54, 1.807) is 0 Å². The number of carbonyl (C=O) groups is 2. The number of nitrogens with one attached hydrogen (secondary N) is 1. The summed E-state index contributed by atoms with van der Waals surface area (Å²) in [4.78, 5) is 23.2. The van der Waals surface area contributed by atoms with Crippen LogP contribution in [-0.4, -0.2) is 41.8 Å². The lowest BCUT2D eigenvalue weighted by molar-refractivity contribution is -0.148. The average Bonchev–Trinajstić information content (AvgIpc) is 3.72. The average molecular weight is 516 g/mol. The minimum absolute atomic E-state index is 0.0578. The summed E-state index contributed by atoms with van der Waals surface area (Å²) in [6.45, 7) is 6.90. The van der Waals surface area contributed by atoms with Gasteiger partial charge in [-0.25, -0.2) is 9.59 Å². The third-order valence-corrected chi connectivity index (χ3v) is 6.92. The highest BCUT2D eigenvalue weighted by atomic mass is 16.6. The van der Waals surface area contributed by atoms with E-state index in [0.29, 0.717) is 12.5 Å². The molecular weight excluding hydrogens is 478 g/mol. The van der Waals surface area contributed by atoms with Crippen molar-refractivity contribution in [1.82, 2.24) is 5.32 Å². The van der Waals surface area contributed by atoms with Crippen LogP contribution >= 0.6 is 0 Å². The molecule has 0 saturated heterocycles. The molecule has 6 nitrogen and oxygen atoms in total. The Balaban J connectivity index is 1.43. The lowest BCUT2D eigenvalue weighted by Gasteiger charge is -2.30. The number of fused-ring (bicyclic) bond motifs is 1. The van der Waals surface area contributed by atoms with Crippen LogP contribution in [0.1, 0.15) is 49.5 Å². The predicted octanol–water partition coefficient (Wildman–Crippen LogP) is 5.78. The third-order valence-electron chi connectivity index (χ3n) is 6.92. The van der Waals surface area contributed by atoms with Gasteiger partial charge in [-0.15, -0.1) is 0 Å². The third kappa shape index (κ3) is 8.01. The van der Waals surface area contributed by atoms with Crippen molar-refractivity contribution in [2.45, 2.75) is 57.8 Å². The molecule has 2 N–H and O–H groups in total. The van der Waals surface area contributed by atoms with Crippen molar-refractivity contribution in [2.75, 3.05) is 13.2 Å². The maximum atomic E-state index is 12.4. The van der Waals surface area contributed by atoms with Crippen LogP contribution in [0.2, 0.25) is 0 Å². The fourth-order valence-electron chi connectivity index (χ4n) is 4.78. The molecule has 0 bridgehead atoms. The first-order valence-corrected chi connectivity index (χ1v) is 13.2. The molecule has 0 radical (unpaired) electrons. The quantitative estimate of drug-likeness (QED) is 0.222. The number of hydrogen-bond donors (Lipinski definition) is 2. The Labute approximate surface area is 224 Å². The molecule has 0 spiro atoms. The highest BCUT2D eigenvalue weighted by molar-refractivity contribution is 5.90. The van der Waals surface area contributed by atoms with Gasteiger partial charge in [0.15, 0.2) is 0 Å². The molecule has 0 aromatic heterocycles. The van der Waals surface area contributed by atoms with Crippen LogP contribution in [0.15, 0.2) is 78.9 Å². The second-order valence-corrected chi connectivity index (χ2v) is 10.8. The molecule has 0 unspecified atom stereocenters. The van der Waals surface area contributed by atoms with E-state index in [4.69, 9.17) is 14.6 Å².